The van der Waals surface area contributed by atoms with Gasteiger partial charge >= 0.3 is 0 Å². The van der Waals surface area contributed by atoms with Crippen molar-refractivity contribution in [1.29, 1.82) is 0 Å². The van der Waals surface area contributed by atoms with Crippen molar-refractivity contribution in [2.45, 2.75) is 24.3 Å². The van der Waals surface area contributed by atoms with Crippen LogP contribution in [0.3, 0.4) is 0 Å². The van der Waals surface area contributed by atoms with E-state index in [0.29, 0.717) is 31.0 Å². The Bertz CT molecular complexity index is 534. The van der Waals surface area contributed by atoms with E-state index in [4.69, 9.17) is 0 Å². The van der Waals surface area contributed by atoms with Crippen LogP contribution in [0.1, 0.15) is 18.4 Å². The maximum atomic E-state index is 9.83. The van der Waals surface area contributed by atoms with Gasteiger partial charge in [-0.05, 0) is 67.6 Å². The number of aliphatic hydroxyl groups excluding tert-OH is 2. The molecule has 0 saturated carbocycles. The highest BCUT2D eigenvalue weighted by Crippen LogP contribution is 2.28. The van der Waals surface area contributed by atoms with Gasteiger partial charge < -0.3 is 15.1 Å². The molecule has 0 unspecified atom stereocenters. The Morgan fingerprint density at radius 3 is 2.48 bits per heavy atom. The fourth-order valence-electron chi connectivity index (χ4n) is 4.29. The molecule has 2 fully saturated rings. The Morgan fingerprint density at radius 2 is 1.80 bits per heavy atom. The molecule has 1 aromatic rings. The van der Waals surface area contributed by atoms with Crippen molar-refractivity contribution < 1.29 is 10.2 Å². The van der Waals surface area contributed by atoms with Crippen LogP contribution < -0.4 is 0 Å². The normalized spacial score (nSPS) is 26.4. The molecule has 25 heavy (non-hydrogen) atoms. The largest absolute Gasteiger partial charge is 0.396 e. The maximum Gasteiger partial charge on any atom is 0.0475 e. The van der Waals surface area contributed by atoms with Crippen LogP contribution in [0.5, 0.6) is 0 Å². The van der Waals surface area contributed by atoms with Gasteiger partial charge in [0.05, 0.1) is 0 Å². The summed E-state index contributed by atoms with van der Waals surface area (Å²) in [5.74, 6) is 1.44. The molecule has 4 nitrogen and oxygen atoms in total. The molecular formula is C20H32N2O2S. The van der Waals surface area contributed by atoms with Gasteiger partial charge in [0, 0.05) is 44.3 Å². The summed E-state index contributed by atoms with van der Waals surface area (Å²) < 4.78 is 0. The van der Waals surface area contributed by atoms with Crippen LogP contribution in [0.25, 0.3) is 0 Å². The first kappa shape index (κ1) is 19.2. The highest BCUT2D eigenvalue weighted by atomic mass is 32.2. The van der Waals surface area contributed by atoms with Gasteiger partial charge in [-0.15, -0.1) is 11.8 Å². The van der Waals surface area contributed by atoms with Gasteiger partial charge in [-0.3, -0.25) is 4.90 Å². The fraction of sp³-hybridized carbons (Fsp3) is 0.700. The van der Waals surface area contributed by atoms with Gasteiger partial charge in [0.25, 0.3) is 0 Å². The zero-order valence-corrected chi connectivity index (χ0v) is 16.1. The number of likely N-dealkylation sites (tertiary alicyclic amines) is 2. The average molecular weight is 365 g/mol. The third-order valence-corrected chi connectivity index (χ3v) is 6.61. The molecule has 5 heteroatoms. The molecule has 0 radical (unpaired) electrons. The van der Waals surface area contributed by atoms with E-state index in [1.807, 2.05) is 0 Å². The molecule has 0 spiro atoms. The molecule has 0 aliphatic carbocycles. The summed E-state index contributed by atoms with van der Waals surface area (Å²) in [7, 11) is 0. The zero-order valence-electron chi connectivity index (χ0n) is 15.3. The lowest BCUT2D eigenvalue weighted by Crippen LogP contribution is -2.40. The van der Waals surface area contributed by atoms with Crippen LogP contribution in [0, 0.1) is 17.8 Å². The maximum absolute atomic E-state index is 9.83. The van der Waals surface area contributed by atoms with E-state index in [9.17, 15) is 10.2 Å². The standard InChI is InChI=1S/C20H32N2O2S/c1-25-20-4-2-3-17(9-20)10-22-12-18(19(13-22)15-24)11-21-7-5-16(14-23)6-8-21/h2-4,9,16,18-19,23-24H,5-8,10-15H2,1H3/t18-,19-/m1/s1. The third-order valence-electron chi connectivity index (χ3n) is 5.88. The molecular weight excluding hydrogens is 332 g/mol. The van der Waals surface area contributed by atoms with E-state index in [0.717, 1.165) is 52.1 Å². The number of rotatable bonds is 7. The van der Waals surface area contributed by atoms with Crippen molar-refractivity contribution in [3.05, 3.63) is 29.8 Å². The van der Waals surface area contributed by atoms with Crippen LogP contribution in [0.15, 0.2) is 29.2 Å². The lowest BCUT2D eigenvalue weighted by atomic mass is 9.93. The molecule has 2 atom stereocenters. The van der Waals surface area contributed by atoms with E-state index in [1.165, 1.54) is 10.5 Å². The molecule has 2 aliphatic heterocycles. The highest BCUT2D eigenvalue weighted by Gasteiger charge is 2.34. The number of hydrogen-bond acceptors (Lipinski definition) is 5. The smallest absolute Gasteiger partial charge is 0.0475 e. The second kappa shape index (κ2) is 9.38. The first-order chi connectivity index (χ1) is 12.2. The minimum atomic E-state index is 0.291. The lowest BCUT2D eigenvalue weighted by Gasteiger charge is -2.33. The molecule has 2 saturated heterocycles. The number of benzene rings is 1. The number of thioether (sulfide) groups is 1. The molecule has 0 bridgehead atoms. The molecule has 0 aromatic heterocycles. The van der Waals surface area contributed by atoms with E-state index in [2.05, 4.69) is 40.3 Å². The van der Waals surface area contributed by atoms with Crippen LogP contribution in [-0.2, 0) is 6.54 Å². The molecule has 0 amide bonds. The SMILES string of the molecule is CSc1cccc(CN2C[C@@H](CN3CCC(CO)CC3)[C@@H](CO)C2)c1. The zero-order chi connectivity index (χ0) is 17.6. The minimum Gasteiger partial charge on any atom is -0.396 e. The first-order valence-electron chi connectivity index (χ1n) is 9.51. The van der Waals surface area contributed by atoms with Crippen molar-refractivity contribution in [3.63, 3.8) is 0 Å². The van der Waals surface area contributed by atoms with Gasteiger partial charge in [-0.1, -0.05) is 12.1 Å². The Kier molecular flexibility index (Phi) is 7.19. The van der Waals surface area contributed by atoms with Gasteiger partial charge in [0.2, 0.25) is 0 Å². The second-order valence-corrected chi connectivity index (χ2v) is 8.55. The molecule has 2 aliphatic rings. The molecule has 2 N–H and O–H groups in total. The van der Waals surface area contributed by atoms with Crippen molar-refractivity contribution in [2.75, 3.05) is 52.2 Å². The Labute approximate surface area is 156 Å². The van der Waals surface area contributed by atoms with Gasteiger partial charge in [-0.25, -0.2) is 0 Å². The number of piperidine rings is 1. The van der Waals surface area contributed by atoms with Gasteiger partial charge in [-0.2, -0.15) is 0 Å². The predicted octanol–water partition coefficient (Wildman–Crippen LogP) is 2.15. The van der Waals surface area contributed by atoms with E-state index >= 15 is 0 Å². The minimum absolute atomic E-state index is 0.291. The summed E-state index contributed by atoms with van der Waals surface area (Å²) in [5, 5.41) is 19.1. The third kappa shape index (κ3) is 5.20. The van der Waals surface area contributed by atoms with Crippen molar-refractivity contribution >= 4 is 11.8 Å². The number of nitrogens with zero attached hydrogens (tertiary/aromatic N) is 2. The van der Waals surface area contributed by atoms with Gasteiger partial charge in [0.1, 0.15) is 0 Å². The summed E-state index contributed by atoms with van der Waals surface area (Å²) >= 11 is 1.79. The Balaban J connectivity index is 1.53. The van der Waals surface area contributed by atoms with Crippen LogP contribution in [-0.4, -0.2) is 72.2 Å². The van der Waals surface area contributed by atoms with Crippen molar-refractivity contribution in [3.8, 4) is 0 Å². The van der Waals surface area contributed by atoms with E-state index in [1.54, 1.807) is 11.8 Å². The highest BCUT2D eigenvalue weighted by molar-refractivity contribution is 7.98. The van der Waals surface area contributed by atoms with E-state index < -0.39 is 0 Å². The number of aliphatic hydroxyl groups is 2. The fourth-order valence-corrected chi connectivity index (χ4v) is 4.77. The van der Waals surface area contributed by atoms with Crippen LogP contribution >= 0.6 is 11.8 Å². The lowest BCUT2D eigenvalue weighted by molar-refractivity contribution is 0.106. The summed E-state index contributed by atoms with van der Waals surface area (Å²) in [4.78, 5) is 6.36. The summed E-state index contributed by atoms with van der Waals surface area (Å²) in [5.41, 5.74) is 1.37. The van der Waals surface area contributed by atoms with Gasteiger partial charge in [0.15, 0.2) is 0 Å². The summed E-state index contributed by atoms with van der Waals surface area (Å²) in [6.45, 7) is 6.95. The quantitative estimate of drug-likeness (QED) is 0.726. The molecule has 140 valence electrons. The number of hydrogen-bond donors (Lipinski definition) is 2. The Hall–Kier alpha value is -0.590. The van der Waals surface area contributed by atoms with Crippen LogP contribution in [0.2, 0.25) is 0 Å². The first-order valence-corrected chi connectivity index (χ1v) is 10.7. The predicted molar refractivity (Wildman–Crippen MR) is 104 cm³/mol. The monoisotopic (exact) mass is 364 g/mol. The van der Waals surface area contributed by atoms with E-state index in [-0.39, 0.29) is 0 Å². The summed E-state index contributed by atoms with van der Waals surface area (Å²) in [6.07, 6.45) is 4.34. The van der Waals surface area contributed by atoms with Crippen molar-refractivity contribution in [1.82, 2.24) is 9.80 Å². The second-order valence-electron chi connectivity index (χ2n) is 7.67. The average Bonchev–Trinajstić information content (AvgIpc) is 3.03. The molecule has 1 aromatic carbocycles. The molecule has 2 heterocycles. The Morgan fingerprint density at radius 1 is 1.04 bits per heavy atom. The van der Waals surface area contributed by atoms with Crippen molar-refractivity contribution in [2.24, 2.45) is 17.8 Å². The molecule has 3 rings (SSSR count). The summed E-state index contributed by atoms with van der Waals surface area (Å²) in [6, 6.07) is 8.79. The van der Waals surface area contributed by atoms with Crippen LogP contribution in [0.4, 0.5) is 0 Å². The topological polar surface area (TPSA) is 46.9 Å².